The fourth-order valence-corrected chi connectivity index (χ4v) is 2.60. The quantitative estimate of drug-likeness (QED) is 0.874. The Hall–Kier alpha value is -1.30. The molecule has 2 N–H and O–H groups in total. The number of aliphatic hydroxyl groups excluding tert-OH is 1. The molecular formula is C13H16ClNO4. The fourth-order valence-electron chi connectivity index (χ4n) is 2.40. The van der Waals surface area contributed by atoms with Crippen molar-refractivity contribution in [2.75, 3.05) is 13.7 Å². The van der Waals surface area contributed by atoms with Crippen molar-refractivity contribution < 1.29 is 19.7 Å². The number of benzene rings is 1. The van der Waals surface area contributed by atoms with Crippen LogP contribution in [-0.4, -0.2) is 46.9 Å². The summed E-state index contributed by atoms with van der Waals surface area (Å²) in [6, 6.07) is 4.56. The predicted octanol–water partition coefficient (Wildman–Crippen LogP) is 1.37. The molecule has 1 aromatic rings. The molecule has 0 aromatic heterocycles. The van der Waals surface area contributed by atoms with Crippen LogP contribution < -0.4 is 4.74 Å². The molecule has 19 heavy (non-hydrogen) atoms. The van der Waals surface area contributed by atoms with E-state index in [2.05, 4.69) is 0 Å². The predicted molar refractivity (Wildman–Crippen MR) is 70.5 cm³/mol. The van der Waals surface area contributed by atoms with E-state index in [9.17, 15) is 9.90 Å². The maximum absolute atomic E-state index is 11.2. The first-order valence-electron chi connectivity index (χ1n) is 5.98. The average molecular weight is 286 g/mol. The third-order valence-corrected chi connectivity index (χ3v) is 3.52. The minimum absolute atomic E-state index is 0.248. The number of ether oxygens (including phenoxy) is 1. The zero-order chi connectivity index (χ0) is 14.0. The van der Waals surface area contributed by atoms with Crippen LogP contribution in [0.1, 0.15) is 12.0 Å². The summed E-state index contributed by atoms with van der Waals surface area (Å²) in [6.07, 6.45) is -0.357. The first kappa shape index (κ1) is 14.1. The molecule has 2 atom stereocenters. The number of carboxylic acid groups (broad SMARTS) is 1. The first-order chi connectivity index (χ1) is 9.01. The van der Waals surface area contributed by atoms with Crippen LogP contribution in [0.2, 0.25) is 5.02 Å². The number of carbonyl (C=O) groups is 1. The van der Waals surface area contributed by atoms with E-state index in [1.165, 1.54) is 0 Å². The number of rotatable bonds is 4. The van der Waals surface area contributed by atoms with Crippen molar-refractivity contribution in [1.82, 2.24) is 4.90 Å². The highest BCUT2D eigenvalue weighted by Gasteiger charge is 2.36. The molecule has 1 saturated heterocycles. The number of halogens is 1. The van der Waals surface area contributed by atoms with Gasteiger partial charge in [0, 0.05) is 30.1 Å². The molecular weight excluding hydrogens is 270 g/mol. The van der Waals surface area contributed by atoms with Crippen LogP contribution in [0.4, 0.5) is 0 Å². The van der Waals surface area contributed by atoms with Gasteiger partial charge in [0.25, 0.3) is 0 Å². The van der Waals surface area contributed by atoms with Gasteiger partial charge >= 0.3 is 5.97 Å². The summed E-state index contributed by atoms with van der Waals surface area (Å²) in [6.45, 7) is 0.727. The van der Waals surface area contributed by atoms with Crippen LogP contribution in [0.5, 0.6) is 5.75 Å². The molecule has 0 bridgehead atoms. The van der Waals surface area contributed by atoms with E-state index in [0.29, 0.717) is 23.9 Å². The molecule has 1 aliphatic rings. The number of β-amino-alcohol motifs (C(OH)–C–C–N with tert-alkyl or cyclic N) is 1. The van der Waals surface area contributed by atoms with Gasteiger partial charge < -0.3 is 14.9 Å². The topological polar surface area (TPSA) is 70.0 Å². The molecule has 104 valence electrons. The first-order valence-corrected chi connectivity index (χ1v) is 6.36. The monoisotopic (exact) mass is 285 g/mol. The Balaban J connectivity index is 2.20. The molecule has 6 heteroatoms. The summed E-state index contributed by atoms with van der Waals surface area (Å²) in [4.78, 5) is 12.9. The highest BCUT2D eigenvalue weighted by Crippen LogP contribution is 2.27. The molecule has 2 rings (SSSR count). The normalized spacial score (nSPS) is 23.5. The lowest BCUT2D eigenvalue weighted by molar-refractivity contribution is -0.142. The van der Waals surface area contributed by atoms with Gasteiger partial charge in [-0.3, -0.25) is 9.69 Å². The van der Waals surface area contributed by atoms with Crippen LogP contribution in [0, 0.1) is 0 Å². The Labute approximate surface area is 116 Å². The lowest BCUT2D eigenvalue weighted by Crippen LogP contribution is -2.35. The lowest BCUT2D eigenvalue weighted by atomic mass is 10.1. The second-order valence-electron chi connectivity index (χ2n) is 4.63. The average Bonchev–Trinajstić information content (AvgIpc) is 2.71. The van der Waals surface area contributed by atoms with Gasteiger partial charge in [-0.05, 0) is 18.2 Å². The number of likely N-dealkylation sites (tertiary alicyclic amines) is 1. The summed E-state index contributed by atoms with van der Waals surface area (Å²) in [5.74, 6) is -0.257. The van der Waals surface area contributed by atoms with Gasteiger partial charge in [0.2, 0.25) is 0 Å². The SMILES string of the molecule is COc1ccc(Cl)cc1CN1CC(O)CC1C(=O)O. The van der Waals surface area contributed by atoms with Gasteiger partial charge in [0.05, 0.1) is 13.2 Å². The number of aliphatic hydroxyl groups is 1. The Morgan fingerprint density at radius 1 is 1.58 bits per heavy atom. The summed E-state index contributed by atoms with van der Waals surface area (Å²) in [5, 5.41) is 19.3. The molecule has 1 fully saturated rings. The van der Waals surface area contributed by atoms with Crippen molar-refractivity contribution in [2.45, 2.75) is 25.1 Å². The van der Waals surface area contributed by atoms with Gasteiger partial charge in [0.15, 0.2) is 0 Å². The molecule has 2 unspecified atom stereocenters. The summed E-state index contributed by atoms with van der Waals surface area (Å²) in [5.41, 5.74) is 0.815. The van der Waals surface area contributed by atoms with Crippen molar-refractivity contribution in [3.63, 3.8) is 0 Å². The maximum Gasteiger partial charge on any atom is 0.321 e. The van der Waals surface area contributed by atoms with E-state index < -0.39 is 18.1 Å². The Morgan fingerprint density at radius 3 is 2.95 bits per heavy atom. The number of hydrogen-bond donors (Lipinski definition) is 2. The maximum atomic E-state index is 11.2. The van der Waals surface area contributed by atoms with Crippen LogP contribution in [-0.2, 0) is 11.3 Å². The van der Waals surface area contributed by atoms with Crippen LogP contribution in [0.15, 0.2) is 18.2 Å². The highest BCUT2D eigenvalue weighted by atomic mass is 35.5. The van der Waals surface area contributed by atoms with Gasteiger partial charge in [-0.25, -0.2) is 0 Å². The van der Waals surface area contributed by atoms with Gasteiger partial charge in [0.1, 0.15) is 11.8 Å². The standard InChI is InChI=1S/C13H16ClNO4/c1-19-12-3-2-9(14)4-8(12)6-15-7-10(16)5-11(15)13(17)18/h2-4,10-11,16H,5-7H2,1H3,(H,17,18). The van der Waals surface area contributed by atoms with E-state index in [0.717, 1.165) is 5.56 Å². The summed E-state index contributed by atoms with van der Waals surface area (Å²) >= 11 is 5.95. The number of nitrogens with zero attached hydrogens (tertiary/aromatic N) is 1. The van der Waals surface area contributed by atoms with Crippen molar-refractivity contribution in [2.24, 2.45) is 0 Å². The van der Waals surface area contributed by atoms with E-state index >= 15 is 0 Å². The lowest BCUT2D eigenvalue weighted by Gasteiger charge is -2.22. The Kier molecular flexibility index (Phi) is 4.29. The zero-order valence-corrected chi connectivity index (χ0v) is 11.3. The smallest absolute Gasteiger partial charge is 0.321 e. The van der Waals surface area contributed by atoms with Crippen LogP contribution in [0.25, 0.3) is 0 Å². The highest BCUT2D eigenvalue weighted by molar-refractivity contribution is 6.30. The van der Waals surface area contributed by atoms with E-state index in [1.54, 1.807) is 30.2 Å². The Morgan fingerprint density at radius 2 is 2.32 bits per heavy atom. The molecule has 0 spiro atoms. The van der Waals surface area contributed by atoms with Crippen molar-refractivity contribution in [3.05, 3.63) is 28.8 Å². The van der Waals surface area contributed by atoms with Gasteiger partial charge in [-0.1, -0.05) is 11.6 Å². The number of aliphatic carboxylic acids is 1. The largest absolute Gasteiger partial charge is 0.496 e. The van der Waals surface area contributed by atoms with Gasteiger partial charge in [-0.15, -0.1) is 0 Å². The molecule has 1 heterocycles. The number of carboxylic acids is 1. The number of methoxy groups -OCH3 is 1. The molecule has 1 aliphatic heterocycles. The third kappa shape index (κ3) is 3.18. The second kappa shape index (κ2) is 5.77. The molecule has 0 amide bonds. The molecule has 1 aromatic carbocycles. The van der Waals surface area contributed by atoms with Crippen LogP contribution in [0.3, 0.4) is 0 Å². The summed E-state index contributed by atoms with van der Waals surface area (Å²) in [7, 11) is 1.56. The van der Waals surface area contributed by atoms with E-state index in [4.69, 9.17) is 21.4 Å². The van der Waals surface area contributed by atoms with Gasteiger partial charge in [-0.2, -0.15) is 0 Å². The molecule has 0 saturated carbocycles. The van der Waals surface area contributed by atoms with Crippen LogP contribution >= 0.6 is 11.6 Å². The minimum atomic E-state index is -0.919. The third-order valence-electron chi connectivity index (χ3n) is 3.28. The minimum Gasteiger partial charge on any atom is -0.496 e. The molecule has 5 nitrogen and oxygen atoms in total. The second-order valence-corrected chi connectivity index (χ2v) is 5.07. The number of hydrogen-bond acceptors (Lipinski definition) is 4. The van der Waals surface area contributed by atoms with E-state index in [-0.39, 0.29) is 6.42 Å². The summed E-state index contributed by atoms with van der Waals surface area (Å²) < 4.78 is 5.24. The molecule has 0 radical (unpaired) electrons. The zero-order valence-electron chi connectivity index (χ0n) is 10.5. The van der Waals surface area contributed by atoms with Crippen molar-refractivity contribution >= 4 is 17.6 Å². The van der Waals surface area contributed by atoms with Crippen molar-refractivity contribution in [3.8, 4) is 5.75 Å². The van der Waals surface area contributed by atoms with Crippen molar-refractivity contribution in [1.29, 1.82) is 0 Å². The fraction of sp³-hybridized carbons (Fsp3) is 0.462. The molecule has 0 aliphatic carbocycles. The Bertz CT molecular complexity index is 480. The van der Waals surface area contributed by atoms with E-state index in [1.807, 2.05) is 0 Å².